The maximum Gasteiger partial charge on any atom is 0.0220 e. The van der Waals surface area contributed by atoms with E-state index in [1.165, 1.54) is 38.9 Å². The molecule has 0 amide bonds. The van der Waals surface area contributed by atoms with Crippen molar-refractivity contribution in [2.45, 2.75) is 46.1 Å². The number of nitrogens with one attached hydrogen (secondary N) is 1. The highest BCUT2D eigenvalue weighted by molar-refractivity contribution is 4.80. The molecule has 0 aromatic carbocycles. The summed E-state index contributed by atoms with van der Waals surface area (Å²) in [7, 11) is 2.26. The van der Waals surface area contributed by atoms with Crippen molar-refractivity contribution in [1.29, 1.82) is 0 Å². The number of piperidine rings is 1. The number of nitrogens with zero attached hydrogens (tertiary/aromatic N) is 1. The summed E-state index contributed by atoms with van der Waals surface area (Å²) in [4.78, 5) is 2.49. The molecule has 0 saturated carbocycles. The largest absolute Gasteiger partial charge is 0.312 e. The van der Waals surface area contributed by atoms with Crippen molar-refractivity contribution in [3.63, 3.8) is 0 Å². The second-order valence-corrected chi connectivity index (χ2v) is 5.62. The lowest BCUT2D eigenvalue weighted by atomic mass is 9.92. The maximum absolute atomic E-state index is 3.65. The van der Waals surface area contributed by atoms with Crippen LogP contribution >= 0.6 is 0 Å². The average molecular weight is 212 g/mol. The number of hydrogen-bond acceptors (Lipinski definition) is 2. The molecule has 1 N–H and O–H groups in total. The van der Waals surface area contributed by atoms with Gasteiger partial charge in [-0.1, -0.05) is 20.8 Å². The average Bonchev–Trinajstić information content (AvgIpc) is 2.18. The van der Waals surface area contributed by atoms with Crippen molar-refractivity contribution in [1.82, 2.24) is 10.2 Å². The predicted octanol–water partition coefficient (Wildman–Crippen LogP) is 2.35. The summed E-state index contributed by atoms with van der Waals surface area (Å²) in [5, 5.41) is 3.65. The molecule has 0 aliphatic carbocycles. The van der Waals surface area contributed by atoms with Crippen LogP contribution in [0.3, 0.4) is 0 Å². The minimum atomic E-state index is 0.718. The molecule has 1 rings (SSSR count). The van der Waals surface area contributed by atoms with Crippen molar-refractivity contribution in [2.24, 2.45) is 11.8 Å². The zero-order chi connectivity index (χ0) is 11.3. The third kappa shape index (κ3) is 4.98. The van der Waals surface area contributed by atoms with Crippen LogP contribution in [0.1, 0.15) is 40.0 Å². The fourth-order valence-corrected chi connectivity index (χ4v) is 2.26. The van der Waals surface area contributed by atoms with Gasteiger partial charge in [0.25, 0.3) is 0 Å². The van der Waals surface area contributed by atoms with Gasteiger partial charge in [-0.3, -0.25) is 0 Å². The fourth-order valence-electron chi connectivity index (χ4n) is 2.26. The van der Waals surface area contributed by atoms with Gasteiger partial charge in [-0.2, -0.15) is 0 Å². The molecular formula is C13H28N2. The topological polar surface area (TPSA) is 15.3 Å². The number of hydrogen-bond donors (Lipinski definition) is 1. The van der Waals surface area contributed by atoms with Gasteiger partial charge in [0.15, 0.2) is 0 Å². The first-order chi connectivity index (χ1) is 7.09. The van der Waals surface area contributed by atoms with E-state index in [9.17, 15) is 0 Å². The molecule has 1 saturated heterocycles. The van der Waals surface area contributed by atoms with Crippen LogP contribution in [0.4, 0.5) is 0 Å². The Morgan fingerprint density at radius 1 is 1.40 bits per heavy atom. The quantitative estimate of drug-likeness (QED) is 0.752. The Morgan fingerprint density at radius 2 is 2.13 bits per heavy atom. The van der Waals surface area contributed by atoms with Crippen molar-refractivity contribution in [2.75, 3.05) is 26.7 Å². The molecule has 2 heteroatoms. The lowest BCUT2D eigenvalue weighted by Gasteiger charge is -2.33. The first-order valence-electron chi connectivity index (χ1n) is 6.51. The summed E-state index contributed by atoms with van der Waals surface area (Å²) in [6.45, 7) is 10.7. The van der Waals surface area contributed by atoms with Crippen molar-refractivity contribution in [3.8, 4) is 0 Å². The SMILES string of the molecule is CC(C)CCN(C)CC1NCCCC1C. The third-order valence-electron chi connectivity index (χ3n) is 3.53. The van der Waals surface area contributed by atoms with Crippen LogP contribution in [0.5, 0.6) is 0 Å². The Kier molecular flexibility index (Phi) is 5.62. The molecule has 0 spiro atoms. The summed E-state index contributed by atoms with van der Waals surface area (Å²) in [6, 6.07) is 0.718. The standard InChI is InChI=1S/C13H28N2/c1-11(2)7-9-15(4)10-13-12(3)6-5-8-14-13/h11-14H,5-10H2,1-4H3. The number of likely N-dealkylation sites (N-methyl/N-ethyl adjacent to an activating group) is 1. The first-order valence-corrected chi connectivity index (χ1v) is 6.51. The van der Waals surface area contributed by atoms with E-state index in [1.54, 1.807) is 0 Å². The van der Waals surface area contributed by atoms with E-state index >= 15 is 0 Å². The second kappa shape index (κ2) is 6.49. The minimum absolute atomic E-state index is 0.718. The van der Waals surface area contributed by atoms with E-state index in [-0.39, 0.29) is 0 Å². The molecular weight excluding hydrogens is 184 g/mol. The molecule has 2 unspecified atom stereocenters. The zero-order valence-electron chi connectivity index (χ0n) is 10.9. The van der Waals surface area contributed by atoms with E-state index in [4.69, 9.17) is 0 Å². The van der Waals surface area contributed by atoms with E-state index in [0.717, 1.165) is 17.9 Å². The molecule has 15 heavy (non-hydrogen) atoms. The zero-order valence-corrected chi connectivity index (χ0v) is 10.9. The summed E-state index contributed by atoms with van der Waals surface area (Å²) >= 11 is 0. The normalized spacial score (nSPS) is 27.6. The predicted molar refractivity (Wildman–Crippen MR) is 67.1 cm³/mol. The van der Waals surface area contributed by atoms with Crippen LogP contribution in [-0.2, 0) is 0 Å². The summed E-state index contributed by atoms with van der Waals surface area (Å²) in [6.07, 6.45) is 4.07. The summed E-state index contributed by atoms with van der Waals surface area (Å²) < 4.78 is 0. The lowest BCUT2D eigenvalue weighted by Crippen LogP contribution is -2.47. The highest BCUT2D eigenvalue weighted by atomic mass is 15.1. The van der Waals surface area contributed by atoms with Crippen LogP contribution < -0.4 is 5.32 Å². The van der Waals surface area contributed by atoms with Gasteiger partial charge < -0.3 is 10.2 Å². The molecule has 90 valence electrons. The Balaban J connectivity index is 2.20. The van der Waals surface area contributed by atoms with E-state index < -0.39 is 0 Å². The van der Waals surface area contributed by atoms with Gasteiger partial charge in [0.1, 0.15) is 0 Å². The first kappa shape index (κ1) is 13.0. The van der Waals surface area contributed by atoms with Gasteiger partial charge in [0.2, 0.25) is 0 Å². The van der Waals surface area contributed by atoms with E-state index in [0.29, 0.717) is 0 Å². The van der Waals surface area contributed by atoms with Crippen molar-refractivity contribution >= 4 is 0 Å². The van der Waals surface area contributed by atoms with Crippen LogP contribution in [0.2, 0.25) is 0 Å². The van der Waals surface area contributed by atoms with Crippen molar-refractivity contribution < 1.29 is 0 Å². The van der Waals surface area contributed by atoms with Crippen LogP contribution in [-0.4, -0.2) is 37.6 Å². The fraction of sp³-hybridized carbons (Fsp3) is 1.00. The Hall–Kier alpha value is -0.0800. The highest BCUT2D eigenvalue weighted by Gasteiger charge is 2.21. The third-order valence-corrected chi connectivity index (χ3v) is 3.53. The number of rotatable bonds is 5. The van der Waals surface area contributed by atoms with Crippen molar-refractivity contribution in [3.05, 3.63) is 0 Å². The molecule has 1 heterocycles. The van der Waals surface area contributed by atoms with E-state index in [2.05, 4.69) is 38.0 Å². The molecule has 2 nitrogen and oxygen atoms in total. The van der Waals surface area contributed by atoms with Gasteiger partial charge in [-0.15, -0.1) is 0 Å². The smallest absolute Gasteiger partial charge is 0.0220 e. The van der Waals surface area contributed by atoms with Gasteiger partial charge in [-0.25, -0.2) is 0 Å². The Bertz CT molecular complexity index is 168. The monoisotopic (exact) mass is 212 g/mol. The van der Waals surface area contributed by atoms with Gasteiger partial charge >= 0.3 is 0 Å². The molecule has 0 aromatic heterocycles. The Labute approximate surface area is 95.4 Å². The van der Waals surface area contributed by atoms with E-state index in [1.807, 2.05) is 0 Å². The molecule has 1 fully saturated rings. The maximum atomic E-state index is 3.65. The summed E-state index contributed by atoms with van der Waals surface area (Å²) in [5.41, 5.74) is 0. The van der Waals surface area contributed by atoms with Gasteiger partial charge in [0.05, 0.1) is 0 Å². The molecule has 1 aliphatic rings. The molecule has 0 aromatic rings. The molecule has 1 aliphatic heterocycles. The van der Waals surface area contributed by atoms with Crippen LogP contribution in [0.15, 0.2) is 0 Å². The van der Waals surface area contributed by atoms with Crippen LogP contribution in [0.25, 0.3) is 0 Å². The van der Waals surface area contributed by atoms with Gasteiger partial charge in [-0.05, 0) is 51.2 Å². The lowest BCUT2D eigenvalue weighted by molar-refractivity contribution is 0.210. The minimum Gasteiger partial charge on any atom is -0.312 e. The molecule has 0 radical (unpaired) electrons. The Morgan fingerprint density at radius 3 is 2.73 bits per heavy atom. The summed E-state index contributed by atoms with van der Waals surface area (Å²) in [5.74, 6) is 1.67. The van der Waals surface area contributed by atoms with Gasteiger partial charge in [0, 0.05) is 12.6 Å². The highest BCUT2D eigenvalue weighted by Crippen LogP contribution is 2.16. The second-order valence-electron chi connectivity index (χ2n) is 5.62. The molecule has 2 atom stereocenters. The molecule has 0 bridgehead atoms. The van der Waals surface area contributed by atoms with Crippen LogP contribution in [0, 0.1) is 11.8 Å².